The fourth-order valence-corrected chi connectivity index (χ4v) is 1.62. The van der Waals surface area contributed by atoms with Crippen LogP contribution in [0, 0.1) is 10.1 Å². The number of hydrogen-bond donors (Lipinski definition) is 2. The third-order valence-corrected chi connectivity index (χ3v) is 2.54. The predicted octanol–water partition coefficient (Wildman–Crippen LogP) is 0.372. The van der Waals surface area contributed by atoms with E-state index < -0.39 is 17.4 Å². The molecule has 0 saturated heterocycles. The van der Waals surface area contributed by atoms with Crippen molar-refractivity contribution in [3.63, 3.8) is 0 Å². The van der Waals surface area contributed by atoms with Crippen LogP contribution in [0.5, 0.6) is 0 Å². The zero-order chi connectivity index (χ0) is 14.0. The summed E-state index contributed by atoms with van der Waals surface area (Å²) in [5.41, 5.74) is 5.65. The summed E-state index contributed by atoms with van der Waals surface area (Å²) in [5, 5.41) is 23.8. The van der Waals surface area contributed by atoms with Crippen molar-refractivity contribution >= 4 is 11.6 Å². The number of nitro groups is 1. The quantitative estimate of drug-likeness (QED) is 0.608. The highest BCUT2D eigenvalue weighted by atomic mass is 16.6. The molecule has 19 heavy (non-hydrogen) atoms. The van der Waals surface area contributed by atoms with Gasteiger partial charge in [-0.05, 0) is 18.2 Å². The summed E-state index contributed by atoms with van der Waals surface area (Å²) in [5.74, 6) is -0.664. The molecule has 1 amide bonds. The van der Waals surface area contributed by atoms with Crippen molar-refractivity contribution in [2.24, 2.45) is 5.73 Å². The minimum atomic E-state index is -0.664. The lowest BCUT2D eigenvalue weighted by Crippen LogP contribution is -2.12. The number of carbonyl (C=O) groups excluding carboxylic acids is 1. The molecular weight excluding hydrogens is 252 g/mol. The Morgan fingerprint density at radius 3 is 2.74 bits per heavy atom. The Morgan fingerprint density at radius 2 is 2.21 bits per heavy atom. The second kappa shape index (κ2) is 4.86. The molecular formula is C11H10N4O4. The largest absolute Gasteiger partial charge is 0.391 e. The molecule has 0 atom stereocenters. The number of aliphatic hydroxyl groups excluding tert-OH is 1. The maximum Gasteiger partial charge on any atom is 0.275 e. The van der Waals surface area contributed by atoms with Gasteiger partial charge in [-0.1, -0.05) is 0 Å². The molecule has 0 bridgehead atoms. The standard InChI is InChI=1S/C11H10N4O4/c12-11(17)9-3-4-14(13-9)8-1-2-10(15(18)19)7(5-8)6-16/h1-5,16H,6H2,(H2,12,17). The number of nitrogens with two attached hydrogens (primary N) is 1. The molecule has 2 aromatic rings. The van der Waals surface area contributed by atoms with Gasteiger partial charge in [-0.25, -0.2) is 4.68 Å². The van der Waals surface area contributed by atoms with Gasteiger partial charge in [0.1, 0.15) is 5.69 Å². The van der Waals surface area contributed by atoms with E-state index in [-0.39, 0.29) is 16.9 Å². The SMILES string of the molecule is NC(=O)c1ccn(-c2ccc([N+](=O)[O-])c(CO)c2)n1. The van der Waals surface area contributed by atoms with E-state index >= 15 is 0 Å². The van der Waals surface area contributed by atoms with Crippen LogP contribution >= 0.6 is 0 Å². The molecule has 0 unspecified atom stereocenters. The van der Waals surface area contributed by atoms with Crippen molar-refractivity contribution in [3.05, 3.63) is 51.8 Å². The highest BCUT2D eigenvalue weighted by molar-refractivity contribution is 5.90. The lowest BCUT2D eigenvalue weighted by molar-refractivity contribution is -0.385. The number of amides is 1. The van der Waals surface area contributed by atoms with Crippen LogP contribution in [-0.2, 0) is 6.61 Å². The van der Waals surface area contributed by atoms with Gasteiger partial charge in [0.05, 0.1) is 22.8 Å². The van der Waals surface area contributed by atoms with Gasteiger partial charge in [0, 0.05) is 12.3 Å². The van der Waals surface area contributed by atoms with Crippen molar-refractivity contribution in [1.82, 2.24) is 9.78 Å². The van der Waals surface area contributed by atoms with E-state index in [1.54, 1.807) is 0 Å². The third-order valence-electron chi connectivity index (χ3n) is 2.54. The first-order valence-corrected chi connectivity index (χ1v) is 5.27. The van der Waals surface area contributed by atoms with Crippen LogP contribution in [0.4, 0.5) is 5.69 Å². The Hall–Kier alpha value is -2.74. The Morgan fingerprint density at radius 1 is 1.47 bits per heavy atom. The van der Waals surface area contributed by atoms with E-state index in [1.807, 2.05) is 0 Å². The monoisotopic (exact) mass is 262 g/mol. The molecule has 2 rings (SSSR count). The Balaban J connectivity index is 2.45. The molecule has 3 N–H and O–H groups in total. The number of benzene rings is 1. The first-order valence-electron chi connectivity index (χ1n) is 5.27. The van der Waals surface area contributed by atoms with Gasteiger partial charge >= 0.3 is 0 Å². The van der Waals surface area contributed by atoms with Crippen molar-refractivity contribution < 1.29 is 14.8 Å². The van der Waals surface area contributed by atoms with Crippen LogP contribution in [0.25, 0.3) is 5.69 Å². The van der Waals surface area contributed by atoms with Gasteiger partial charge in [-0.15, -0.1) is 0 Å². The van der Waals surface area contributed by atoms with E-state index in [0.717, 1.165) is 0 Å². The van der Waals surface area contributed by atoms with Gasteiger partial charge in [-0.2, -0.15) is 5.10 Å². The van der Waals surface area contributed by atoms with Crippen molar-refractivity contribution in [3.8, 4) is 5.69 Å². The topological polar surface area (TPSA) is 124 Å². The summed E-state index contributed by atoms with van der Waals surface area (Å²) in [4.78, 5) is 21.1. The molecule has 1 aromatic heterocycles. The van der Waals surface area contributed by atoms with Crippen LogP contribution < -0.4 is 5.73 Å². The summed E-state index contributed by atoms with van der Waals surface area (Å²) >= 11 is 0. The van der Waals surface area contributed by atoms with Crippen LogP contribution in [0.1, 0.15) is 16.1 Å². The number of nitrogens with zero attached hydrogens (tertiary/aromatic N) is 3. The molecule has 0 aliphatic carbocycles. The summed E-state index contributed by atoms with van der Waals surface area (Å²) in [7, 11) is 0. The van der Waals surface area contributed by atoms with E-state index in [2.05, 4.69) is 5.10 Å². The van der Waals surface area contributed by atoms with Crippen LogP contribution in [0.3, 0.4) is 0 Å². The van der Waals surface area contributed by atoms with Crippen LogP contribution in [-0.4, -0.2) is 25.7 Å². The van der Waals surface area contributed by atoms with E-state index in [0.29, 0.717) is 5.69 Å². The number of primary amides is 1. The lowest BCUT2D eigenvalue weighted by atomic mass is 10.1. The normalized spacial score (nSPS) is 10.4. The second-order valence-electron chi connectivity index (χ2n) is 3.74. The lowest BCUT2D eigenvalue weighted by Gasteiger charge is -2.04. The smallest absolute Gasteiger partial charge is 0.275 e. The first kappa shape index (κ1) is 12.7. The molecule has 0 fully saturated rings. The number of nitro benzene ring substituents is 1. The number of aliphatic hydroxyl groups is 1. The maximum atomic E-state index is 10.9. The highest BCUT2D eigenvalue weighted by Gasteiger charge is 2.14. The number of carbonyl (C=O) groups is 1. The highest BCUT2D eigenvalue weighted by Crippen LogP contribution is 2.21. The van der Waals surface area contributed by atoms with E-state index in [9.17, 15) is 14.9 Å². The molecule has 0 aliphatic rings. The second-order valence-corrected chi connectivity index (χ2v) is 3.74. The van der Waals surface area contributed by atoms with Gasteiger partial charge in [0.2, 0.25) is 0 Å². The van der Waals surface area contributed by atoms with Crippen LogP contribution in [0.15, 0.2) is 30.5 Å². The van der Waals surface area contributed by atoms with Gasteiger partial charge in [0.25, 0.3) is 11.6 Å². The minimum Gasteiger partial charge on any atom is -0.391 e. The molecule has 0 aliphatic heterocycles. The molecule has 1 heterocycles. The summed E-state index contributed by atoms with van der Waals surface area (Å²) in [6, 6.07) is 5.60. The molecule has 1 aromatic carbocycles. The molecule has 0 saturated carbocycles. The number of rotatable bonds is 4. The third kappa shape index (κ3) is 2.43. The van der Waals surface area contributed by atoms with Gasteiger partial charge in [0.15, 0.2) is 0 Å². The Bertz CT molecular complexity index is 650. The zero-order valence-electron chi connectivity index (χ0n) is 9.68. The molecule has 98 valence electrons. The Kier molecular flexibility index (Phi) is 3.25. The van der Waals surface area contributed by atoms with Crippen molar-refractivity contribution in [1.29, 1.82) is 0 Å². The van der Waals surface area contributed by atoms with Crippen LogP contribution in [0.2, 0.25) is 0 Å². The maximum absolute atomic E-state index is 10.9. The average Bonchev–Trinajstić information content (AvgIpc) is 2.87. The van der Waals surface area contributed by atoms with Crippen molar-refractivity contribution in [2.45, 2.75) is 6.61 Å². The summed E-state index contributed by atoms with van der Waals surface area (Å²) < 4.78 is 1.35. The summed E-state index contributed by atoms with van der Waals surface area (Å²) in [6.07, 6.45) is 1.50. The van der Waals surface area contributed by atoms with Gasteiger partial charge in [-0.3, -0.25) is 14.9 Å². The predicted molar refractivity (Wildman–Crippen MR) is 64.7 cm³/mol. The fraction of sp³-hybridized carbons (Fsp3) is 0.0909. The van der Waals surface area contributed by atoms with E-state index in [1.165, 1.54) is 35.1 Å². The fourth-order valence-electron chi connectivity index (χ4n) is 1.62. The molecule has 0 spiro atoms. The Labute approximate surface area is 107 Å². The number of hydrogen-bond acceptors (Lipinski definition) is 5. The van der Waals surface area contributed by atoms with E-state index in [4.69, 9.17) is 10.8 Å². The van der Waals surface area contributed by atoms with Crippen molar-refractivity contribution in [2.75, 3.05) is 0 Å². The number of aromatic nitrogens is 2. The van der Waals surface area contributed by atoms with Gasteiger partial charge < -0.3 is 10.8 Å². The molecule has 8 nitrogen and oxygen atoms in total. The summed E-state index contributed by atoms with van der Waals surface area (Å²) in [6.45, 7) is -0.464. The zero-order valence-corrected chi connectivity index (χ0v) is 9.68. The molecule has 8 heteroatoms. The minimum absolute atomic E-state index is 0.0869. The first-order chi connectivity index (χ1) is 9.02. The molecule has 0 radical (unpaired) electrons. The average molecular weight is 262 g/mol.